The highest BCUT2D eigenvalue weighted by atomic mass is 16.5. The van der Waals surface area contributed by atoms with Crippen molar-refractivity contribution in [1.82, 2.24) is 9.97 Å². The monoisotopic (exact) mass is 379 g/mol. The van der Waals surface area contributed by atoms with E-state index in [2.05, 4.69) is 64.8 Å². The SMILES string of the molecule is C=C1Cc2cnc(Nc3ccc(N4CCOCC4)cc3)nc2N1C(C)CCC. The van der Waals surface area contributed by atoms with Crippen LogP contribution >= 0.6 is 0 Å². The molecule has 2 aromatic rings. The van der Waals surface area contributed by atoms with Crippen molar-refractivity contribution in [2.45, 2.75) is 39.2 Å². The van der Waals surface area contributed by atoms with E-state index < -0.39 is 0 Å². The van der Waals surface area contributed by atoms with Gasteiger partial charge in [0.2, 0.25) is 5.95 Å². The summed E-state index contributed by atoms with van der Waals surface area (Å²) in [5, 5.41) is 3.35. The zero-order valence-corrected chi connectivity index (χ0v) is 16.8. The van der Waals surface area contributed by atoms with Crippen LogP contribution in [0.2, 0.25) is 0 Å². The molecule has 0 radical (unpaired) electrons. The highest BCUT2D eigenvalue weighted by molar-refractivity contribution is 5.64. The van der Waals surface area contributed by atoms with Crippen molar-refractivity contribution in [3.8, 4) is 0 Å². The predicted octanol–water partition coefficient (Wildman–Crippen LogP) is 4.12. The van der Waals surface area contributed by atoms with Gasteiger partial charge in [-0.1, -0.05) is 19.9 Å². The van der Waals surface area contributed by atoms with Crippen LogP contribution < -0.4 is 15.1 Å². The standard InChI is InChI=1S/C22H29N5O/c1-4-5-16(2)27-17(3)14-18-15-23-22(25-21(18)27)24-19-6-8-20(9-7-19)26-10-12-28-13-11-26/h6-9,15-16H,3-5,10-14H2,1-2H3,(H,23,24,25). The van der Waals surface area contributed by atoms with Crippen molar-refractivity contribution >= 4 is 23.1 Å². The molecule has 1 N–H and O–H groups in total. The van der Waals surface area contributed by atoms with Crippen molar-refractivity contribution in [3.05, 3.63) is 48.3 Å². The van der Waals surface area contributed by atoms with Crippen molar-refractivity contribution in [3.63, 3.8) is 0 Å². The third-order valence-corrected chi connectivity index (χ3v) is 5.45. The van der Waals surface area contributed by atoms with Gasteiger partial charge in [-0.2, -0.15) is 4.98 Å². The Morgan fingerprint density at radius 3 is 2.68 bits per heavy atom. The van der Waals surface area contributed by atoms with Crippen LogP contribution in [0.4, 0.5) is 23.1 Å². The minimum absolute atomic E-state index is 0.398. The molecule has 1 aromatic heterocycles. The first-order valence-corrected chi connectivity index (χ1v) is 10.2. The normalized spacial score (nSPS) is 17.6. The molecule has 4 rings (SSSR count). The zero-order valence-electron chi connectivity index (χ0n) is 16.8. The first-order valence-electron chi connectivity index (χ1n) is 10.2. The molecule has 2 aliphatic rings. The summed E-state index contributed by atoms with van der Waals surface area (Å²) in [7, 11) is 0. The Hall–Kier alpha value is -2.60. The summed E-state index contributed by atoms with van der Waals surface area (Å²) >= 11 is 0. The third kappa shape index (κ3) is 3.83. The lowest BCUT2D eigenvalue weighted by atomic mass is 10.1. The molecule has 0 bridgehead atoms. The average Bonchev–Trinajstić information content (AvgIpc) is 3.04. The second-order valence-corrected chi connectivity index (χ2v) is 7.56. The van der Waals surface area contributed by atoms with Crippen LogP contribution in [0.25, 0.3) is 0 Å². The minimum Gasteiger partial charge on any atom is -0.378 e. The lowest BCUT2D eigenvalue weighted by Gasteiger charge is -2.29. The number of nitrogens with zero attached hydrogens (tertiary/aromatic N) is 4. The number of aromatic nitrogens is 2. The number of fused-ring (bicyclic) bond motifs is 1. The Labute approximate surface area is 167 Å². The van der Waals surface area contributed by atoms with Crippen LogP contribution in [0.15, 0.2) is 42.7 Å². The maximum absolute atomic E-state index is 5.43. The molecule has 1 saturated heterocycles. The summed E-state index contributed by atoms with van der Waals surface area (Å²) in [6.45, 7) is 12.2. The summed E-state index contributed by atoms with van der Waals surface area (Å²) < 4.78 is 5.43. The van der Waals surface area contributed by atoms with E-state index in [-0.39, 0.29) is 0 Å². The van der Waals surface area contributed by atoms with Crippen molar-refractivity contribution < 1.29 is 4.74 Å². The number of benzene rings is 1. The Balaban J connectivity index is 1.49. The maximum Gasteiger partial charge on any atom is 0.229 e. The lowest BCUT2D eigenvalue weighted by Crippen LogP contribution is -2.36. The van der Waals surface area contributed by atoms with Crippen LogP contribution in [0, 0.1) is 0 Å². The van der Waals surface area contributed by atoms with Crippen LogP contribution in [-0.2, 0) is 11.2 Å². The van der Waals surface area contributed by atoms with E-state index in [1.807, 2.05) is 6.20 Å². The Bertz CT molecular complexity index is 829. The van der Waals surface area contributed by atoms with Crippen molar-refractivity contribution in [1.29, 1.82) is 0 Å². The van der Waals surface area contributed by atoms with Crippen LogP contribution in [0.3, 0.4) is 0 Å². The topological polar surface area (TPSA) is 53.5 Å². The fraction of sp³-hybridized carbons (Fsp3) is 0.455. The summed E-state index contributed by atoms with van der Waals surface area (Å²) in [6, 6.07) is 8.83. The van der Waals surface area contributed by atoms with E-state index in [9.17, 15) is 0 Å². The summed E-state index contributed by atoms with van der Waals surface area (Å²) in [5.74, 6) is 1.62. The molecule has 28 heavy (non-hydrogen) atoms. The molecule has 1 aromatic carbocycles. The zero-order chi connectivity index (χ0) is 19.5. The first-order chi connectivity index (χ1) is 13.7. The Morgan fingerprint density at radius 2 is 1.96 bits per heavy atom. The van der Waals surface area contributed by atoms with E-state index in [0.29, 0.717) is 12.0 Å². The van der Waals surface area contributed by atoms with Gasteiger partial charge in [0, 0.05) is 54.4 Å². The molecule has 2 aliphatic heterocycles. The molecule has 3 heterocycles. The lowest BCUT2D eigenvalue weighted by molar-refractivity contribution is 0.122. The molecular formula is C22H29N5O. The van der Waals surface area contributed by atoms with Gasteiger partial charge in [-0.3, -0.25) is 0 Å². The van der Waals surface area contributed by atoms with E-state index in [1.165, 1.54) is 5.69 Å². The smallest absolute Gasteiger partial charge is 0.229 e. The summed E-state index contributed by atoms with van der Waals surface area (Å²) in [5.41, 5.74) is 4.47. The van der Waals surface area contributed by atoms with E-state index >= 15 is 0 Å². The summed E-state index contributed by atoms with van der Waals surface area (Å²) in [4.78, 5) is 13.9. The quantitative estimate of drug-likeness (QED) is 0.815. The fourth-order valence-electron chi connectivity index (χ4n) is 4.02. The number of rotatable bonds is 6. The molecule has 0 saturated carbocycles. The number of hydrogen-bond donors (Lipinski definition) is 1. The van der Waals surface area contributed by atoms with E-state index in [1.54, 1.807) is 0 Å². The van der Waals surface area contributed by atoms with Crippen LogP contribution in [0.1, 0.15) is 32.3 Å². The second kappa shape index (κ2) is 8.19. The molecule has 148 valence electrons. The number of morpholine rings is 1. The highest BCUT2D eigenvalue weighted by Gasteiger charge is 2.28. The van der Waals surface area contributed by atoms with Gasteiger partial charge in [-0.25, -0.2) is 4.98 Å². The highest BCUT2D eigenvalue weighted by Crippen LogP contribution is 2.35. The largest absolute Gasteiger partial charge is 0.378 e. The molecule has 6 nitrogen and oxygen atoms in total. The Kier molecular flexibility index (Phi) is 5.48. The molecule has 0 spiro atoms. The maximum atomic E-state index is 5.43. The minimum atomic E-state index is 0.398. The van der Waals surface area contributed by atoms with E-state index in [0.717, 1.165) is 68.3 Å². The number of hydrogen-bond acceptors (Lipinski definition) is 6. The number of ether oxygens (including phenoxy) is 1. The van der Waals surface area contributed by atoms with E-state index in [4.69, 9.17) is 9.72 Å². The fourth-order valence-corrected chi connectivity index (χ4v) is 4.02. The molecule has 1 atom stereocenters. The van der Waals surface area contributed by atoms with Crippen molar-refractivity contribution in [2.24, 2.45) is 0 Å². The van der Waals surface area contributed by atoms with Gasteiger partial charge < -0.3 is 19.9 Å². The van der Waals surface area contributed by atoms with Crippen LogP contribution in [0.5, 0.6) is 0 Å². The molecular weight excluding hydrogens is 350 g/mol. The van der Waals surface area contributed by atoms with Gasteiger partial charge >= 0.3 is 0 Å². The molecule has 0 amide bonds. The average molecular weight is 380 g/mol. The van der Waals surface area contributed by atoms with Gasteiger partial charge in [0.1, 0.15) is 5.82 Å². The Morgan fingerprint density at radius 1 is 1.21 bits per heavy atom. The van der Waals surface area contributed by atoms with Gasteiger partial charge in [0.05, 0.1) is 13.2 Å². The summed E-state index contributed by atoms with van der Waals surface area (Å²) in [6.07, 6.45) is 5.02. The molecule has 6 heteroatoms. The molecule has 1 unspecified atom stereocenters. The van der Waals surface area contributed by atoms with Gasteiger partial charge in [-0.15, -0.1) is 0 Å². The number of nitrogens with one attached hydrogen (secondary N) is 1. The number of allylic oxidation sites excluding steroid dienone is 1. The van der Waals surface area contributed by atoms with Gasteiger partial charge in [0.25, 0.3) is 0 Å². The molecule has 1 fully saturated rings. The second-order valence-electron chi connectivity index (χ2n) is 7.56. The van der Waals surface area contributed by atoms with Crippen LogP contribution in [-0.4, -0.2) is 42.3 Å². The third-order valence-electron chi connectivity index (χ3n) is 5.45. The first kappa shape index (κ1) is 18.7. The molecule has 0 aliphatic carbocycles. The van der Waals surface area contributed by atoms with Gasteiger partial charge in [-0.05, 0) is 37.6 Å². The predicted molar refractivity (Wildman–Crippen MR) is 114 cm³/mol. The van der Waals surface area contributed by atoms with Crippen molar-refractivity contribution in [2.75, 3.05) is 41.4 Å². The van der Waals surface area contributed by atoms with Gasteiger partial charge in [0.15, 0.2) is 0 Å². The number of anilines is 4.